The van der Waals surface area contributed by atoms with Gasteiger partial charge in [0.1, 0.15) is 12.4 Å². The van der Waals surface area contributed by atoms with Gasteiger partial charge < -0.3 is 20.1 Å². The molecule has 2 rings (SSSR count). The van der Waals surface area contributed by atoms with Gasteiger partial charge in [0, 0.05) is 5.70 Å². The van der Waals surface area contributed by atoms with Crippen LogP contribution in [0.15, 0.2) is 23.4 Å². The second kappa shape index (κ2) is 6.79. The summed E-state index contributed by atoms with van der Waals surface area (Å²) >= 11 is 5.00. The predicted molar refractivity (Wildman–Crippen MR) is 88.7 cm³/mol. The Hall–Kier alpha value is -2.08. The van der Waals surface area contributed by atoms with Crippen LogP contribution in [0.4, 0.5) is 0 Å². The zero-order valence-electron chi connectivity index (χ0n) is 13.2. The molecule has 0 bridgehead atoms. The van der Waals surface area contributed by atoms with Crippen molar-refractivity contribution in [3.05, 3.63) is 40.1 Å². The highest BCUT2D eigenvalue weighted by molar-refractivity contribution is 7.80. The zero-order valence-corrected chi connectivity index (χ0v) is 14.0. The van der Waals surface area contributed by atoms with Gasteiger partial charge >= 0.3 is 5.97 Å². The summed E-state index contributed by atoms with van der Waals surface area (Å²) in [4.78, 5) is 12.2. The first-order valence-electron chi connectivity index (χ1n) is 6.98. The summed E-state index contributed by atoms with van der Waals surface area (Å²) in [5.74, 6) is 0.494. The van der Waals surface area contributed by atoms with E-state index in [-0.39, 0.29) is 12.6 Å². The SMILES string of the molecule is COc1ccc(COC(=O)C2=C(C)NC(=S)NC2)c(C)c1C. The van der Waals surface area contributed by atoms with Crippen molar-refractivity contribution < 1.29 is 14.3 Å². The molecule has 0 saturated heterocycles. The number of esters is 1. The molecule has 1 heterocycles. The first-order chi connectivity index (χ1) is 10.4. The van der Waals surface area contributed by atoms with Gasteiger partial charge in [0.2, 0.25) is 0 Å². The summed E-state index contributed by atoms with van der Waals surface area (Å²) in [5.41, 5.74) is 4.39. The van der Waals surface area contributed by atoms with Crippen molar-refractivity contribution in [1.82, 2.24) is 10.6 Å². The fourth-order valence-electron chi connectivity index (χ4n) is 2.28. The quantitative estimate of drug-likeness (QED) is 0.654. The van der Waals surface area contributed by atoms with Crippen molar-refractivity contribution in [2.45, 2.75) is 27.4 Å². The van der Waals surface area contributed by atoms with Crippen LogP contribution in [0.5, 0.6) is 5.75 Å². The number of rotatable bonds is 4. The Kier molecular flexibility index (Phi) is 5.03. The van der Waals surface area contributed by atoms with E-state index in [4.69, 9.17) is 21.7 Å². The van der Waals surface area contributed by atoms with Crippen molar-refractivity contribution in [1.29, 1.82) is 0 Å². The fraction of sp³-hybridized carbons (Fsp3) is 0.375. The van der Waals surface area contributed by atoms with Gasteiger partial charge in [-0.05, 0) is 55.7 Å². The van der Waals surface area contributed by atoms with E-state index in [0.717, 1.165) is 28.1 Å². The van der Waals surface area contributed by atoms with Crippen LogP contribution < -0.4 is 15.4 Å². The van der Waals surface area contributed by atoms with E-state index >= 15 is 0 Å². The molecule has 0 unspecified atom stereocenters. The molecule has 6 heteroatoms. The lowest BCUT2D eigenvalue weighted by Crippen LogP contribution is -2.42. The molecule has 1 aromatic carbocycles. The molecule has 22 heavy (non-hydrogen) atoms. The second-order valence-electron chi connectivity index (χ2n) is 5.16. The summed E-state index contributed by atoms with van der Waals surface area (Å²) in [7, 11) is 1.64. The third-order valence-electron chi connectivity index (χ3n) is 3.85. The summed E-state index contributed by atoms with van der Waals surface area (Å²) in [6, 6.07) is 3.81. The van der Waals surface area contributed by atoms with Crippen molar-refractivity contribution in [3.63, 3.8) is 0 Å². The van der Waals surface area contributed by atoms with Crippen LogP contribution in [0.3, 0.4) is 0 Å². The first-order valence-corrected chi connectivity index (χ1v) is 7.39. The second-order valence-corrected chi connectivity index (χ2v) is 5.57. The van der Waals surface area contributed by atoms with Gasteiger partial charge in [0.25, 0.3) is 0 Å². The number of carbonyl (C=O) groups is 1. The highest BCUT2D eigenvalue weighted by Crippen LogP contribution is 2.24. The highest BCUT2D eigenvalue weighted by Gasteiger charge is 2.20. The van der Waals surface area contributed by atoms with Gasteiger partial charge in [-0.15, -0.1) is 0 Å². The maximum absolute atomic E-state index is 12.2. The molecular formula is C16H20N2O3S. The molecule has 0 spiro atoms. The molecular weight excluding hydrogens is 300 g/mol. The molecule has 0 saturated carbocycles. The highest BCUT2D eigenvalue weighted by atomic mass is 32.1. The van der Waals surface area contributed by atoms with E-state index in [0.29, 0.717) is 17.2 Å². The maximum atomic E-state index is 12.2. The number of allylic oxidation sites excluding steroid dienone is 1. The van der Waals surface area contributed by atoms with Crippen molar-refractivity contribution >= 4 is 23.3 Å². The molecule has 1 aliphatic heterocycles. The molecule has 5 nitrogen and oxygen atoms in total. The van der Waals surface area contributed by atoms with E-state index in [1.165, 1.54) is 0 Å². The van der Waals surface area contributed by atoms with Crippen molar-refractivity contribution in [2.24, 2.45) is 0 Å². The minimum atomic E-state index is -0.340. The largest absolute Gasteiger partial charge is 0.496 e. The molecule has 1 aromatic rings. The number of ether oxygens (including phenoxy) is 2. The van der Waals surface area contributed by atoms with Crippen LogP contribution in [-0.2, 0) is 16.1 Å². The lowest BCUT2D eigenvalue weighted by atomic mass is 10.0. The van der Waals surface area contributed by atoms with Crippen LogP contribution >= 0.6 is 12.2 Å². The molecule has 0 aliphatic carbocycles. The Morgan fingerprint density at radius 1 is 1.27 bits per heavy atom. The lowest BCUT2D eigenvalue weighted by molar-refractivity contribution is -0.140. The third-order valence-corrected chi connectivity index (χ3v) is 4.10. The fourth-order valence-corrected chi connectivity index (χ4v) is 2.50. The Bertz CT molecular complexity index is 653. The predicted octanol–water partition coefficient (Wildman–Crippen LogP) is 2.11. The summed E-state index contributed by atoms with van der Waals surface area (Å²) in [5, 5.41) is 6.37. The van der Waals surface area contributed by atoms with Gasteiger partial charge in [0.15, 0.2) is 5.11 Å². The average molecular weight is 320 g/mol. The Labute approximate surface area is 135 Å². The Morgan fingerprint density at radius 2 is 2.00 bits per heavy atom. The minimum Gasteiger partial charge on any atom is -0.496 e. The van der Waals surface area contributed by atoms with E-state index in [1.807, 2.05) is 32.9 Å². The number of methoxy groups -OCH3 is 1. The summed E-state index contributed by atoms with van der Waals surface area (Å²) in [6.45, 7) is 6.41. The molecule has 2 N–H and O–H groups in total. The van der Waals surface area contributed by atoms with Crippen LogP contribution in [0.1, 0.15) is 23.6 Å². The number of carbonyl (C=O) groups excluding carboxylic acids is 1. The maximum Gasteiger partial charge on any atom is 0.337 e. The molecule has 0 radical (unpaired) electrons. The molecule has 1 aliphatic rings. The third kappa shape index (κ3) is 3.39. The molecule has 0 aromatic heterocycles. The smallest absolute Gasteiger partial charge is 0.337 e. The monoisotopic (exact) mass is 320 g/mol. The average Bonchev–Trinajstić information content (AvgIpc) is 2.48. The normalized spacial score (nSPS) is 14.3. The van der Waals surface area contributed by atoms with Gasteiger partial charge in [-0.25, -0.2) is 4.79 Å². The summed E-state index contributed by atoms with van der Waals surface area (Å²) in [6.07, 6.45) is 0. The Balaban J connectivity index is 2.07. The topological polar surface area (TPSA) is 59.6 Å². The molecule has 118 valence electrons. The standard InChI is InChI=1S/C16H20N2O3S/c1-9-10(2)14(20-4)6-5-12(9)8-21-15(19)13-7-17-16(22)18-11(13)3/h5-6H,7-8H2,1-4H3,(H2,17,18,22). The van der Waals surface area contributed by atoms with E-state index < -0.39 is 0 Å². The van der Waals surface area contributed by atoms with Crippen LogP contribution in [0.2, 0.25) is 0 Å². The van der Waals surface area contributed by atoms with Gasteiger partial charge in [0.05, 0.1) is 19.2 Å². The number of hydrogen-bond acceptors (Lipinski definition) is 4. The van der Waals surface area contributed by atoms with E-state index in [9.17, 15) is 4.79 Å². The van der Waals surface area contributed by atoms with Crippen LogP contribution in [0.25, 0.3) is 0 Å². The number of benzene rings is 1. The van der Waals surface area contributed by atoms with Crippen LogP contribution in [0, 0.1) is 13.8 Å². The van der Waals surface area contributed by atoms with E-state index in [2.05, 4.69) is 10.6 Å². The van der Waals surface area contributed by atoms with Gasteiger partial charge in [-0.3, -0.25) is 0 Å². The molecule has 0 fully saturated rings. The lowest BCUT2D eigenvalue weighted by Gasteiger charge is -2.21. The minimum absolute atomic E-state index is 0.233. The zero-order chi connectivity index (χ0) is 16.3. The number of hydrogen-bond donors (Lipinski definition) is 2. The van der Waals surface area contributed by atoms with E-state index in [1.54, 1.807) is 7.11 Å². The van der Waals surface area contributed by atoms with Crippen LogP contribution in [-0.4, -0.2) is 24.7 Å². The Morgan fingerprint density at radius 3 is 2.64 bits per heavy atom. The first kappa shape index (κ1) is 16.3. The summed E-state index contributed by atoms with van der Waals surface area (Å²) < 4.78 is 10.7. The number of thiocarbonyl (C=S) groups is 1. The van der Waals surface area contributed by atoms with Crippen molar-refractivity contribution in [2.75, 3.05) is 13.7 Å². The van der Waals surface area contributed by atoms with Crippen molar-refractivity contribution in [3.8, 4) is 5.75 Å². The van der Waals surface area contributed by atoms with Gasteiger partial charge in [-0.2, -0.15) is 0 Å². The van der Waals surface area contributed by atoms with Gasteiger partial charge in [-0.1, -0.05) is 6.07 Å². The number of nitrogens with one attached hydrogen (secondary N) is 2. The molecule has 0 amide bonds. The molecule has 0 atom stereocenters.